The Labute approximate surface area is 295 Å². The fourth-order valence-corrected chi connectivity index (χ4v) is 4.84. The lowest BCUT2D eigenvalue weighted by molar-refractivity contribution is -0.153. The monoisotopic (exact) mass is 682 g/mol. The summed E-state index contributed by atoms with van der Waals surface area (Å²) in [6.45, 7) is 10.1. The van der Waals surface area contributed by atoms with Gasteiger partial charge in [0.1, 0.15) is 6.10 Å². The zero-order valence-electron chi connectivity index (χ0n) is 30.1. The summed E-state index contributed by atoms with van der Waals surface area (Å²) in [5.74, 6) is 0.577. The van der Waals surface area contributed by atoms with E-state index in [9.17, 15) is 19.5 Å². The van der Waals surface area contributed by atoms with Gasteiger partial charge in [0.25, 0.3) is 0 Å². The Morgan fingerprint density at radius 2 is 1.38 bits per heavy atom. The lowest BCUT2D eigenvalue weighted by Gasteiger charge is -2.29. The van der Waals surface area contributed by atoms with E-state index in [2.05, 4.69) is 90.5 Å². The molecule has 1 rings (SSSR count). The largest absolute Gasteiger partial charge is 0.465 e. The molecule has 0 radical (unpaired) electrons. The van der Waals surface area contributed by atoms with Gasteiger partial charge in [0.15, 0.2) is 0 Å². The Bertz CT molecular complexity index is 1130. The number of esters is 1. The Morgan fingerprint density at radius 1 is 0.812 bits per heavy atom. The first-order valence-electron chi connectivity index (χ1n) is 17.5. The van der Waals surface area contributed by atoms with E-state index in [-0.39, 0.29) is 37.9 Å². The molecule has 0 aliphatic rings. The van der Waals surface area contributed by atoms with Gasteiger partial charge in [-0.1, -0.05) is 126 Å². The number of allylic oxidation sites excluding steroid dienone is 10. The van der Waals surface area contributed by atoms with Crippen LogP contribution < -0.4 is 10.6 Å². The fraction of sp³-hybridized carbons (Fsp3) is 0.525. The van der Waals surface area contributed by atoms with Gasteiger partial charge < -0.3 is 20.5 Å². The van der Waals surface area contributed by atoms with Crippen LogP contribution in [0.4, 0.5) is 0 Å². The summed E-state index contributed by atoms with van der Waals surface area (Å²) in [4.78, 5) is 36.7. The first-order valence-corrected chi connectivity index (χ1v) is 18.7. The molecule has 1 unspecified atom stereocenters. The van der Waals surface area contributed by atoms with Crippen LogP contribution in [0, 0.1) is 5.41 Å². The van der Waals surface area contributed by atoms with Gasteiger partial charge in [-0.3, -0.25) is 14.4 Å². The molecule has 268 valence electrons. The maximum Gasteiger partial charge on any atom is 0.305 e. The highest BCUT2D eigenvalue weighted by Crippen LogP contribution is 2.22. The number of benzene rings is 1. The van der Waals surface area contributed by atoms with Crippen molar-refractivity contribution in [2.75, 3.05) is 25.4 Å². The molecule has 8 heteroatoms. The second-order valence-corrected chi connectivity index (χ2v) is 12.7. The van der Waals surface area contributed by atoms with Crippen LogP contribution in [0.3, 0.4) is 0 Å². The van der Waals surface area contributed by atoms with Crippen LogP contribution in [0.25, 0.3) is 0 Å². The number of unbranched alkanes of at least 4 members (excludes halogenated alkanes) is 1. The summed E-state index contributed by atoms with van der Waals surface area (Å²) in [5.41, 5.74) is 0.275. The summed E-state index contributed by atoms with van der Waals surface area (Å²) in [7, 11) is 0. The van der Waals surface area contributed by atoms with Crippen LogP contribution in [0.2, 0.25) is 0 Å². The van der Waals surface area contributed by atoms with Crippen molar-refractivity contribution in [3.63, 3.8) is 0 Å². The first-order chi connectivity index (χ1) is 23.3. The number of thioether (sulfide) groups is 1. The number of amides is 2. The van der Waals surface area contributed by atoms with Gasteiger partial charge in [0.05, 0.1) is 6.61 Å². The smallest absolute Gasteiger partial charge is 0.305 e. The number of carbonyl (C=O) groups excluding carboxylic acids is 3. The van der Waals surface area contributed by atoms with E-state index < -0.39 is 17.4 Å². The second-order valence-electron chi connectivity index (χ2n) is 11.6. The maximum atomic E-state index is 12.4. The first kappa shape index (κ1) is 44.6. The lowest BCUT2D eigenvalue weighted by Crippen LogP contribution is -2.47. The predicted molar refractivity (Wildman–Crippen MR) is 204 cm³/mol. The van der Waals surface area contributed by atoms with Crippen molar-refractivity contribution >= 4 is 29.5 Å². The molecule has 0 fully saturated rings. The molecule has 0 spiro atoms. The summed E-state index contributed by atoms with van der Waals surface area (Å²) < 4.78 is 5.35. The molecular weight excluding hydrogens is 621 g/mol. The normalized spacial score (nSPS) is 12.5. The molecule has 7 nitrogen and oxygen atoms in total. The molecule has 0 bridgehead atoms. The fourth-order valence-electron chi connectivity index (χ4n) is 4.02. The standard InChI is InChI=1S/C38H56N2O5S.C2H6/c1-4-5-6-7-8-9-10-11-12-13-14-15-16-17-18-19-23-26-35(42)45-32-38(2,3)36(43)37(44)40-28-27-34(41)39-29-30-46-31-33-24-21-20-22-25-33;1-2/h5-6,8-9,11-12,14-15,17-18,20-22,24-25,36,43H,4,7,10,13,16,19,23,26-32H2,1-3H3,(H,39,41)(H,40,44);1-2H3/b6-5-,9-8-,12-11-,15-14-,18-17-;. The van der Waals surface area contributed by atoms with Crippen molar-refractivity contribution in [2.45, 2.75) is 104 Å². The number of aliphatic hydroxyl groups is 1. The minimum atomic E-state index is -1.38. The number of hydrogen-bond donors (Lipinski definition) is 3. The average molecular weight is 683 g/mol. The van der Waals surface area contributed by atoms with Crippen molar-refractivity contribution in [1.29, 1.82) is 0 Å². The van der Waals surface area contributed by atoms with Crippen LogP contribution in [0.1, 0.15) is 98.0 Å². The summed E-state index contributed by atoms with van der Waals surface area (Å²) in [6.07, 6.45) is 26.8. The zero-order chi connectivity index (χ0) is 35.7. The predicted octanol–water partition coefficient (Wildman–Crippen LogP) is 8.42. The molecular formula is C40H62N2O5S. The van der Waals surface area contributed by atoms with Gasteiger partial charge >= 0.3 is 5.97 Å². The number of hydrogen-bond acceptors (Lipinski definition) is 6. The van der Waals surface area contributed by atoms with Gasteiger partial charge in [-0.05, 0) is 50.5 Å². The third-order valence-electron chi connectivity index (χ3n) is 6.83. The van der Waals surface area contributed by atoms with Crippen molar-refractivity contribution in [3.8, 4) is 0 Å². The van der Waals surface area contributed by atoms with Crippen molar-refractivity contribution in [3.05, 3.63) is 96.7 Å². The van der Waals surface area contributed by atoms with E-state index in [1.165, 1.54) is 5.56 Å². The lowest BCUT2D eigenvalue weighted by atomic mass is 9.87. The Morgan fingerprint density at radius 3 is 1.96 bits per heavy atom. The molecule has 2 amide bonds. The third kappa shape index (κ3) is 25.7. The van der Waals surface area contributed by atoms with E-state index in [4.69, 9.17) is 4.74 Å². The molecule has 48 heavy (non-hydrogen) atoms. The van der Waals surface area contributed by atoms with Crippen LogP contribution in [-0.2, 0) is 24.9 Å². The number of nitrogens with one attached hydrogen (secondary N) is 2. The Kier molecular flexibility index (Phi) is 28.8. The van der Waals surface area contributed by atoms with E-state index in [1.54, 1.807) is 25.6 Å². The van der Waals surface area contributed by atoms with Gasteiger partial charge in [0, 0.05) is 42.9 Å². The zero-order valence-corrected chi connectivity index (χ0v) is 30.9. The Balaban J connectivity index is 0.0000108. The number of aliphatic hydroxyl groups excluding tert-OH is 1. The van der Waals surface area contributed by atoms with Crippen LogP contribution in [0.15, 0.2) is 91.1 Å². The number of carbonyl (C=O) groups is 3. The molecule has 3 N–H and O–H groups in total. The van der Waals surface area contributed by atoms with Crippen molar-refractivity contribution in [2.24, 2.45) is 5.41 Å². The average Bonchev–Trinajstić information content (AvgIpc) is 3.09. The van der Waals surface area contributed by atoms with Crippen LogP contribution in [-0.4, -0.2) is 54.4 Å². The maximum absolute atomic E-state index is 12.4. The van der Waals surface area contributed by atoms with Gasteiger partial charge in [-0.25, -0.2) is 0 Å². The van der Waals surface area contributed by atoms with Gasteiger partial charge in [0.2, 0.25) is 11.8 Å². The number of rotatable bonds is 25. The van der Waals surface area contributed by atoms with E-state index in [0.717, 1.165) is 50.0 Å². The number of ether oxygens (including phenoxy) is 1. The highest BCUT2D eigenvalue weighted by molar-refractivity contribution is 7.98. The molecule has 1 aromatic carbocycles. The summed E-state index contributed by atoms with van der Waals surface area (Å²) in [6, 6.07) is 10.1. The molecule has 0 aliphatic heterocycles. The molecule has 0 heterocycles. The summed E-state index contributed by atoms with van der Waals surface area (Å²) in [5, 5.41) is 16.0. The molecule has 0 aromatic heterocycles. The van der Waals surface area contributed by atoms with E-state index in [1.807, 2.05) is 32.0 Å². The van der Waals surface area contributed by atoms with E-state index >= 15 is 0 Å². The van der Waals surface area contributed by atoms with E-state index in [0.29, 0.717) is 13.0 Å². The molecule has 1 aromatic rings. The molecule has 0 saturated heterocycles. The van der Waals surface area contributed by atoms with Crippen molar-refractivity contribution in [1.82, 2.24) is 10.6 Å². The SMILES string of the molecule is CC.CC/C=C\C/C=C\C/C=C\C/C=C\C/C=C\CCCC(=O)OCC(C)(C)C(O)C(=O)NCCC(=O)NCCSCc1ccccc1. The third-order valence-corrected chi connectivity index (χ3v) is 7.86. The van der Waals surface area contributed by atoms with Crippen LogP contribution >= 0.6 is 11.8 Å². The second kappa shape index (κ2) is 30.9. The van der Waals surface area contributed by atoms with Crippen molar-refractivity contribution < 1.29 is 24.2 Å². The highest BCUT2D eigenvalue weighted by atomic mass is 32.2. The summed E-state index contributed by atoms with van der Waals surface area (Å²) >= 11 is 1.74. The molecule has 1 atom stereocenters. The quantitative estimate of drug-likeness (QED) is 0.0544. The molecule has 0 saturated carbocycles. The Hall–Kier alpha value is -3.36. The van der Waals surface area contributed by atoms with Crippen LogP contribution in [0.5, 0.6) is 0 Å². The minimum Gasteiger partial charge on any atom is -0.465 e. The van der Waals surface area contributed by atoms with Gasteiger partial charge in [-0.2, -0.15) is 11.8 Å². The van der Waals surface area contributed by atoms with Gasteiger partial charge in [-0.15, -0.1) is 0 Å². The molecule has 0 aliphatic carbocycles. The topological polar surface area (TPSA) is 105 Å². The minimum absolute atomic E-state index is 0.0801. The highest BCUT2D eigenvalue weighted by Gasteiger charge is 2.34.